The van der Waals surface area contributed by atoms with Crippen LogP contribution < -0.4 is 20.3 Å². The average molecular weight is 476 g/mol. The van der Waals surface area contributed by atoms with E-state index < -0.39 is 0 Å². The largest absolute Gasteiger partial charge is 0.497 e. The molecule has 0 atom stereocenters. The lowest BCUT2D eigenvalue weighted by molar-refractivity contribution is -0.121. The first-order chi connectivity index (χ1) is 16.9. The molecule has 0 aliphatic carbocycles. The van der Waals surface area contributed by atoms with Crippen molar-refractivity contribution in [3.05, 3.63) is 75.8 Å². The number of rotatable bonds is 9. The van der Waals surface area contributed by atoms with Crippen LogP contribution >= 0.6 is 0 Å². The van der Waals surface area contributed by atoms with Crippen LogP contribution in [0.15, 0.2) is 53.3 Å². The Hall–Kier alpha value is -4.14. The molecule has 0 saturated heterocycles. The van der Waals surface area contributed by atoms with Crippen LogP contribution in [-0.4, -0.2) is 46.2 Å². The molecule has 0 unspecified atom stereocenters. The predicted molar refractivity (Wildman–Crippen MR) is 133 cm³/mol. The fraction of sp³-hybridized carbons (Fsp3) is 0.308. The summed E-state index contributed by atoms with van der Waals surface area (Å²) in [6.45, 7) is 4.39. The van der Waals surface area contributed by atoms with Gasteiger partial charge in [0.1, 0.15) is 11.5 Å². The van der Waals surface area contributed by atoms with Gasteiger partial charge in [-0.2, -0.15) is 10.2 Å². The summed E-state index contributed by atoms with van der Waals surface area (Å²) in [6, 6.07) is 15.2. The Kier molecular flexibility index (Phi) is 7.14. The van der Waals surface area contributed by atoms with Crippen molar-refractivity contribution in [3.8, 4) is 17.2 Å². The maximum absolute atomic E-state index is 13.1. The minimum atomic E-state index is -0.306. The highest BCUT2D eigenvalue weighted by Gasteiger charge is 2.18. The van der Waals surface area contributed by atoms with Crippen LogP contribution in [0.4, 0.5) is 0 Å². The predicted octanol–water partition coefficient (Wildman–Crippen LogP) is 2.97. The molecule has 4 aromatic rings. The average Bonchev–Trinajstić information content (AvgIpc) is 3.23. The number of hydrogen-bond donors (Lipinski definition) is 1. The summed E-state index contributed by atoms with van der Waals surface area (Å²) in [5.41, 5.74) is 3.44. The topological polar surface area (TPSA) is 100 Å². The van der Waals surface area contributed by atoms with Crippen LogP contribution in [0.3, 0.4) is 0 Å². The van der Waals surface area contributed by atoms with E-state index in [0.29, 0.717) is 35.7 Å². The van der Waals surface area contributed by atoms with Crippen LogP contribution in [0.25, 0.3) is 16.6 Å². The van der Waals surface area contributed by atoms with E-state index in [9.17, 15) is 9.59 Å². The van der Waals surface area contributed by atoms with Crippen LogP contribution in [0.5, 0.6) is 11.5 Å². The van der Waals surface area contributed by atoms with E-state index in [0.717, 1.165) is 22.3 Å². The first-order valence-electron chi connectivity index (χ1n) is 11.4. The zero-order valence-corrected chi connectivity index (χ0v) is 20.4. The third kappa shape index (κ3) is 5.03. The van der Waals surface area contributed by atoms with Crippen molar-refractivity contribution >= 4 is 16.8 Å². The Morgan fingerprint density at radius 3 is 2.51 bits per heavy atom. The standard InChI is InChI=1S/C26H29N5O4/c1-17-24-18(2)31(20-8-6-5-7-9-20)29-25(24)26(33)30(28-17)15-13-23(32)27-14-12-19-10-11-21(34-3)16-22(19)35-4/h5-11,16H,12-15H2,1-4H3,(H,27,32). The number of amides is 1. The summed E-state index contributed by atoms with van der Waals surface area (Å²) in [7, 11) is 3.20. The number of aromatic nitrogens is 4. The molecule has 2 heterocycles. The molecule has 0 saturated carbocycles. The Morgan fingerprint density at radius 1 is 1.03 bits per heavy atom. The van der Waals surface area contributed by atoms with Gasteiger partial charge in [-0.3, -0.25) is 9.59 Å². The van der Waals surface area contributed by atoms with Crippen molar-refractivity contribution in [3.63, 3.8) is 0 Å². The van der Waals surface area contributed by atoms with E-state index >= 15 is 0 Å². The third-order valence-electron chi connectivity index (χ3n) is 5.95. The monoisotopic (exact) mass is 475 g/mol. The van der Waals surface area contributed by atoms with Crippen molar-refractivity contribution in [1.82, 2.24) is 24.9 Å². The molecule has 9 nitrogen and oxygen atoms in total. The summed E-state index contributed by atoms with van der Waals surface area (Å²) in [6.07, 6.45) is 0.744. The van der Waals surface area contributed by atoms with Gasteiger partial charge in [0, 0.05) is 19.0 Å². The van der Waals surface area contributed by atoms with Gasteiger partial charge >= 0.3 is 0 Å². The van der Waals surface area contributed by atoms with Crippen LogP contribution in [0.1, 0.15) is 23.4 Å². The van der Waals surface area contributed by atoms with Gasteiger partial charge in [0.15, 0.2) is 5.52 Å². The Balaban J connectivity index is 1.42. The van der Waals surface area contributed by atoms with Crippen LogP contribution in [0, 0.1) is 13.8 Å². The molecule has 2 aromatic heterocycles. The molecular formula is C26H29N5O4. The maximum atomic E-state index is 13.1. The summed E-state index contributed by atoms with van der Waals surface area (Å²) in [4.78, 5) is 25.5. The Bertz CT molecular complexity index is 1410. The number of hydrogen-bond acceptors (Lipinski definition) is 6. The zero-order chi connectivity index (χ0) is 24.9. The lowest BCUT2D eigenvalue weighted by atomic mass is 10.1. The van der Waals surface area contributed by atoms with Gasteiger partial charge in [-0.05, 0) is 44.0 Å². The number of ether oxygens (including phenoxy) is 2. The molecule has 35 heavy (non-hydrogen) atoms. The van der Waals surface area contributed by atoms with Gasteiger partial charge in [0.25, 0.3) is 5.56 Å². The first-order valence-corrected chi connectivity index (χ1v) is 11.4. The number of para-hydroxylation sites is 1. The number of benzene rings is 2. The van der Waals surface area contributed by atoms with Crippen LogP contribution in [0.2, 0.25) is 0 Å². The normalized spacial score (nSPS) is 11.0. The molecule has 1 amide bonds. The first kappa shape index (κ1) is 24.0. The molecule has 4 rings (SSSR count). The fourth-order valence-electron chi connectivity index (χ4n) is 4.15. The van der Waals surface area contributed by atoms with E-state index in [1.54, 1.807) is 18.9 Å². The summed E-state index contributed by atoms with van der Waals surface area (Å²) in [5, 5.41) is 12.7. The van der Waals surface area contributed by atoms with Gasteiger partial charge < -0.3 is 14.8 Å². The van der Waals surface area contributed by atoms with Crippen molar-refractivity contribution in [1.29, 1.82) is 0 Å². The number of fused-ring (bicyclic) bond motifs is 1. The molecule has 182 valence electrons. The van der Waals surface area contributed by atoms with E-state index in [4.69, 9.17) is 9.47 Å². The Morgan fingerprint density at radius 2 is 1.80 bits per heavy atom. The smallest absolute Gasteiger partial charge is 0.295 e. The van der Waals surface area contributed by atoms with Crippen molar-refractivity contribution in [2.75, 3.05) is 20.8 Å². The molecule has 0 aliphatic heterocycles. The fourth-order valence-corrected chi connectivity index (χ4v) is 4.15. The number of carbonyl (C=O) groups excluding carboxylic acids is 1. The number of carbonyl (C=O) groups is 1. The van der Waals surface area contributed by atoms with E-state index in [2.05, 4.69) is 15.5 Å². The van der Waals surface area contributed by atoms with Crippen molar-refractivity contribution < 1.29 is 14.3 Å². The molecule has 9 heteroatoms. The molecule has 2 aromatic carbocycles. The SMILES string of the molecule is COc1ccc(CCNC(=O)CCn2nc(C)c3c(C)n(-c4ccccc4)nc3c2=O)c(OC)c1. The second-order valence-corrected chi connectivity index (χ2v) is 8.20. The van der Waals surface area contributed by atoms with Crippen LogP contribution in [-0.2, 0) is 17.8 Å². The van der Waals surface area contributed by atoms with Gasteiger partial charge in [0.2, 0.25) is 5.91 Å². The minimum absolute atomic E-state index is 0.135. The lowest BCUT2D eigenvalue weighted by Crippen LogP contribution is -2.30. The second-order valence-electron chi connectivity index (χ2n) is 8.20. The number of nitrogens with zero attached hydrogens (tertiary/aromatic N) is 4. The number of methoxy groups -OCH3 is 2. The zero-order valence-electron chi connectivity index (χ0n) is 20.4. The highest BCUT2D eigenvalue weighted by Crippen LogP contribution is 2.25. The van der Waals surface area contributed by atoms with E-state index in [1.165, 1.54) is 4.68 Å². The molecule has 0 aliphatic rings. The summed E-state index contributed by atoms with van der Waals surface area (Å²) in [5.74, 6) is 1.27. The number of nitrogens with one attached hydrogen (secondary N) is 1. The lowest BCUT2D eigenvalue weighted by Gasteiger charge is -2.11. The highest BCUT2D eigenvalue weighted by molar-refractivity contribution is 5.83. The van der Waals surface area contributed by atoms with Gasteiger partial charge in [-0.15, -0.1) is 0 Å². The highest BCUT2D eigenvalue weighted by atomic mass is 16.5. The van der Waals surface area contributed by atoms with Gasteiger partial charge in [-0.1, -0.05) is 24.3 Å². The summed E-state index contributed by atoms with van der Waals surface area (Å²) >= 11 is 0. The minimum Gasteiger partial charge on any atom is -0.497 e. The maximum Gasteiger partial charge on any atom is 0.295 e. The molecule has 0 spiro atoms. The van der Waals surface area contributed by atoms with Gasteiger partial charge in [-0.25, -0.2) is 9.36 Å². The number of aryl methyl sites for hydroxylation is 3. The molecule has 0 bridgehead atoms. The van der Waals surface area contributed by atoms with Crippen molar-refractivity contribution in [2.24, 2.45) is 0 Å². The van der Waals surface area contributed by atoms with E-state index in [1.807, 2.05) is 62.4 Å². The molecule has 0 fully saturated rings. The summed E-state index contributed by atoms with van der Waals surface area (Å²) < 4.78 is 13.7. The second kappa shape index (κ2) is 10.4. The van der Waals surface area contributed by atoms with Gasteiger partial charge in [0.05, 0.1) is 43.2 Å². The third-order valence-corrected chi connectivity index (χ3v) is 5.95. The molecular weight excluding hydrogens is 446 g/mol. The van der Waals surface area contributed by atoms with Crippen molar-refractivity contribution in [2.45, 2.75) is 33.2 Å². The Labute approximate surface area is 203 Å². The molecule has 0 radical (unpaired) electrons. The molecule has 1 N–H and O–H groups in total. The quantitative estimate of drug-likeness (QED) is 0.400. The van der Waals surface area contributed by atoms with E-state index in [-0.39, 0.29) is 24.4 Å².